The minimum absolute atomic E-state index is 0. The third-order valence-corrected chi connectivity index (χ3v) is 3.27. The fourth-order valence-electron chi connectivity index (χ4n) is 2.70. The summed E-state index contributed by atoms with van der Waals surface area (Å²) in [6.45, 7) is 0. The molecule has 0 heterocycles. The fourth-order valence-corrected chi connectivity index (χ4v) is 2.70. The molecule has 2 rings (SSSR count). The van der Waals surface area contributed by atoms with Crippen molar-refractivity contribution in [2.75, 3.05) is 0 Å². The van der Waals surface area contributed by atoms with Crippen molar-refractivity contribution in [2.24, 2.45) is 23.5 Å². The summed E-state index contributed by atoms with van der Waals surface area (Å²) in [7, 11) is 0. The zero-order chi connectivity index (χ0) is 8.01. The van der Waals surface area contributed by atoms with Crippen LogP contribution in [0.4, 0.5) is 0 Å². The van der Waals surface area contributed by atoms with E-state index in [1.165, 1.54) is 0 Å². The Morgan fingerprint density at radius 3 is 2.25 bits per heavy atom. The maximum absolute atomic E-state index is 10.7. The molecule has 0 aromatic carbocycles. The molecule has 2 unspecified atom stereocenters. The van der Waals surface area contributed by atoms with Crippen LogP contribution in [0.2, 0.25) is 0 Å². The van der Waals surface area contributed by atoms with Crippen LogP contribution in [0.1, 0.15) is 19.3 Å². The lowest BCUT2D eigenvalue weighted by Crippen LogP contribution is -2.40. The average Bonchev–Trinajstić information content (AvgIpc) is 2.44. The van der Waals surface area contributed by atoms with Gasteiger partial charge in [0.25, 0.3) is 0 Å². The Bertz CT molecular complexity index is 193. The first-order valence-electron chi connectivity index (χ1n) is 4.18. The van der Waals surface area contributed by atoms with E-state index in [0.717, 1.165) is 19.3 Å². The normalized spacial score (nSPS) is 44.1. The van der Waals surface area contributed by atoms with Crippen LogP contribution in [-0.4, -0.2) is 22.6 Å². The summed E-state index contributed by atoms with van der Waals surface area (Å²) in [4.78, 5) is 10.7. The van der Waals surface area contributed by atoms with Crippen molar-refractivity contribution in [1.29, 1.82) is 0 Å². The minimum Gasteiger partial charge on any atom is -0.481 e. The quantitative estimate of drug-likeness (QED) is 0.565. The predicted octanol–water partition coefficient (Wildman–Crippen LogP) is -0.380. The van der Waals surface area contributed by atoms with Gasteiger partial charge in [-0.15, -0.1) is 0 Å². The predicted molar refractivity (Wildman–Crippen MR) is 43.5 cm³/mol. The lowest BCUT2D eigenvalue weighted by Gasteiger charge is -2.23. The van der Waals surface area contributed by atoms with Gasteiger partial charge in [-0.25, -0.2) is 0 Å². The number of nitrogens with two attached hydrogens (primary N) is 1. The van der Waals surface area contributed by atoms with Crippen LogP contribution in [0, 0.1) is 17.8 Å². The SMILES string of the molecule is NC1C(C(=O)O)[C@H]2CC[C@@H]1C2.O. The highest BCUT2D eigenvalue weighted by molar-refractivity contribution is 5.72. The Balaban J connectivity index is 0.000000720. The topological polar surface area (TPSA) is 94.8 Å². The summed E-state index contributed by atoms with van der Waals surface area (Å²) >= 11 is 0. The molecule has 0 aromatic rings. The highest BCUT2D eigenvalue weighted by atomic mass is 16.4. The number of carboxylic acid groups (broad SMARTS) is 1. The van der Waals surface area contributed by atoms with E-state index in [1.54, 1.807) is 0 Å². The molecule has 12 heavy (non-hydrogen) atoms. The molecule has 2 aliphatic rings. The Morgan fingerprint density at radius 1 is 1.33 bits per heavy atom. The van der Waals surface area contributed by atoms with Crippen LogP contribution < -0.4 is 5.73 Å². The van der Waals surface area contributed by atoms with Gasteiger partial charge in [-0.1, -0.05) is 0 Å². The van der Waals surface area contributed by atoms with Gasteiger partial charge in [0, 0.05) is 6.04 Å². The van der Waals surface area contributed by atoms with Gasteiger partial charge in [0.2, 0.25) is 0 Å². The van der Waals surface area contributed by atoms with Crippen molar-refractivity contribution in [3.8, 4) is 0 Å². The summed E-state index contributed by atoms with van der Waals surface area (Å²) in [6.07, 6.45) is 3.28. The molecule has 2 bridgehead atoms. The van der Waals surface area contributed by atoms with Crippen LogP contribution in [-0.2, 0) is 4.79 Å². The number of aliphatic carboxylic acids is 1. The zero-order valence-corrected chi connectivity index (χ0v) is 6.86. The molecule has 0 amide bonds. The first-order valence-corrected chi connectivity index (χ1v) is 4.18. The number of hydrogen-bond donors (Lipinski definition) is 2. The lowest BCUT2D eigenvalue weighted by atomic mass is 9.85. The van der Waals surface area contributed by atoms with Gasteiger partial charge in [0.1, 0.15) is 0 Å². The van der Waals surface area contributed by atoms with Crippen LogP contribution in [0.15, 0.2) is 0 Å². The number of carbonyl (C=O) groups is 1. The number of fused-ring (bicyclic) bond motifs is 2. The van der Waals surface area contributed by atoms with Gasteiger partial charge in [0.15, 0.2) is 0 Å². The highest BCUT2D eigenvalue weighted by Gasteiger charge is 2.49. The molecule has 5 N–H and O–H groups in total. The van der Waals surface area contributed by atoms with Crippen molar-refractivity contribution in [2.45, 2.75) is 25.3 Å². The van der Waals surface area contributed by atoms with Gasteiger partial charge in [0.05, 0.1) is 5.92 Å². The van der Waals surface area contributed by atoms with E-state index in [0.29, 0.717) is 11.8 Å². The second-order valence-electron chi connectivity index (χ2n) is 3.77. The molecule has 0 saturated heterocycles. The Morgan fingerprint density at radius 2 is 1.92 bits per heavy atom. The number of carboxylic acids is 1. The van der Waals surface area contributed by atoms with Crippen molar-refractivity contribution in [3.05, 3.63) is 0 Å². The van der Waals surface area contributed by atoms with E-state index >= 15 is 0 Å². The smallest absolute Gasteiger partial charge is 0.308 e. The van der Waals surface area contributed by atoms with Crippen molar-refractivity contribution in [3.63, 3.8) is 0 Å². The molecule has 4 heteroatoms. The Kier molecular flexibility index (Phi) is 2.39. The third kappa shape index (κ3) is 1.11. The van der Waals surface area contributed by atoms with Crippen LogP contribution in [0.3, 0.4) is 0 Å². The second-order valence-corrected chi connectivity index (χ2v) is 3.77. The molecule has 0 spiro atoms. The standard InChI is InChI=1S/C8H13NO2.H2O/c9-7-5-2-1-4(3-5)6(7)8(10)11;/h4-7H,1-3,9H2,(H,10,11);1H2/t4-,5+,6?,7?;/m0./s1. The van der Waals surface area contributed by atoms with Crippen molar-refractivity contribution in [1.82, 2.24) is 0 Å². The number of hydrogen-bond acceptors (Lipinski definition) is 2. The molecule has 2 aliphatic carbocycles. The molecular weight excluding hydrogens is 158 g/mol. The fraction of sp³-hybridized carbons (Fsp3) is 0.875. The van der Waals surface area contributed by atoms with E-state index in [1.807, 2.05) is 0 Å². The summed E-state index contributed by atoms with van der Waals surface area (Å²) in [5.74, 6) is -0.0490. The van der Waals surface area contributed by atoms with Crippen molar-refractivity contribution >= 4 is 5.97 Å². The van der Waals surface area contributed by atoms with Gasteiger partial charge in [-0.05, 0) is 31.1 Å². The lowest BCUT2D eigenvalue weighted by molar-refractivity contribution is -0.144. The summed E-state index contributed by atoms with van der Waals surface area (Å²) in [6, 6.07) is -0.0637. The monoisotopic (exact) mass is 173 g/mol. The molecule has 70 valence electrons. The first-order chi connectivity index (χ1) is 5.20. The van der Waals surface area contributed by atoms with Crippen molar-refractivity contribution < 1.29 is 15.4 Å². The van der Waals surface area contributed by atoms with Gasteiger partial charge < -0.3 is 16.3 Å². The zero-order valence-electron chi connectivity index (χ0n) is 6.86. The van der Waals surface area contributed by atoms with E-state index in [2.05, 4.69) is 0 Å². The Hall–Kier alpha value is -0.610. The highest BCUT2D eigenvalue weighted by Crippen LogP contribution is 2.47. The van der Waals surface area contributed by atoms with Crippen LogP contribution in [0.5, 0.6) is 0 Å². The summed E-state index contributed by atoms with van der Waals surface area (Å²) in [5.41, 5.74) is 5.78. The minimum atomic E-state index is -0.690. The van der Waals surface area contributed by atoms with Crippen LogP contribution in [0.25, 0.3) is 0 Å². The molecule has 0 radical (unpaired) electrons. The van der Waals surface area contributed by atoms with Gasteiger partial charge in [-0.2, -0.15) is 0 Å². The number of rotatable bonds is 1. The third-order valence-electron chi connectivity index (χ3n) is 3.27. The van der Waals surface area contributed by atoms with E-state index in [-0.39, 0.29) is 17.4 Å². The van der Waals surface area contributed by atoms with E-state index < -0.39 is 5.97 Å². The molecule has 4 nitrogen and oxygen atoms in total. The molecule has 0 aromatic heterocycles. The average molecular weight is 173 g/mol. The second kappa shape index (κ2) is 3.03. The molecule has 0 aliphatic heterocycles. The van der Waals surface area contributed by atoms with Gasteiger partial charge in [-0.3, -0.25) is 4.79 Å². The maximum atomic E-state index is 10.7. The van der Waals surface area contributed by atoms with Gasteiger partial charge >= 0.3 is 5.97 Å². The van der Waals surface area contributed by atoms with E-state index in [4.69, 9.17) is 10.8 Å². The molecule has 4 atom stereocenters. The largest absolute Gasteiger partial charge is 0.481 e. The summed E-state index contributed by atoms with van der Waals surface area (Å²) < 4.78 is 0. The maximum Gasteiger partial charge on any atom is 0.308 e. The molecule has 2 fully saturated rings. The van der Waals surface area contributed by atoms with E-state index in [9.17, 15) is 4.79 Å². The molecule has 2 saturated carbocycles. The summed E-state index contributed by atoms with van der Waals surface area (Å²) in [5, 5.41) is 8.83. The Labute approximate surface area is 71.1 Å². The molecular formula is C8H15NO3. The van der Waals surface area contributed by atoms with Crippen LogP contribution >= 0.6 is 0 Å². The first kappa shape index (κ1) is 9.48.